The molecule has 1 saturated heterocycles. The van der Waals surface area contributed by atoms with E-state index in [1.807, 2.05) is 0 Å². The van der Waals surface area contributed by atoms with Crippen molar-refractivity contribution >= 4 is 17.2 Å². The van der Waals surface area contributed by atoms with Crippen LogP contribution in [0.3, 0.4) is 0 Å². The predicted octanol–water partition coefficient (Wildman–Crippen LogP) is 1.00. The maximum absolute atomic E-state index is 5.41. The van der Waals surface area contributed by atoms with Gasteiger partial charge in [-0.3, -0.25) is 0 Å². The topological polar surface area (TPSA) is 29.3 Å². The lowest BCUT2D eigenvalue weighted by molar-refractivity contribution is 0.338. The summed E-state index contributed by atoms with van der Waals surface area (Å²) in [6, 6.07) is 0. The molecule has 2 nitrogen and oxygen atoms in total. The zero-order valence-electron chi connectivity index (χ0n) is 7.05. The number of hydrogen-bond acceptors (Lipinski definition) is 2. The first-order chi connectivity index (χ1) is 5.18. The van der Waals surface area contributed by atoms with Crippen LogP contribution in [0.1, 0.15) is 19.8 Å². The van der Waals surface area contributed by atoms with Crippen LogP contribution < -0.4 is 5.73 Å². The maximum Gasteiger partial charge on any atom is 0.0740 e. The summed E-state index contributed by atoms with van der Waals surface area (Å²) >= 11 is 4.81. The molecule has 0 aliphatic carbocycles. The van der Waals surface area contributed by atoms with E-state index >= 15 is 0 Å². The van der Waals surface area contributed by atoms with Crippen LogP contribution in [0.4, 0.5) is 0 Å². The van der Waals surface area contributed by atoms with Gasteiger partial charge in [-0.05, 0) is 18.9 Å². The fourth-order valence-electron chi connectivity index (χ4n) is 1.50. The Labute approximate surface area is 73.7 Å². The van der Waals surface area contributed by atoms with Gasteiger partial charge in [0, 0.05) is 19.5 Å². The van der Waals surface area contributed by atoms with Crippen molar-refractivity contribution in [2.45, 2.75) is 19.8 Å². The highest BCUT2D eigenvalue weighted by atomic mass is 32.1. The molecule has 0 saturated carbocycles. The molecule has 0 aromatic rings. The minimum atomic E-state index is 0.643. The van der Waals surface area contributed by atoms with E-state index in [-0.39, 0.29) is 0 Å². The third-order valence-corrected chi connectivity index (χ3v) is 2.39. The minimum Gasteiger partial charge on any atom is -0.393 e. The Morgan fingerprint density at radius 2 is 2.45 bits per heavy atom. The van der Waals surface area contributed by atoms with Gasteiger partial charge in [0.2, 0.25) is 0 Å². The van der Waals surface area contributed by atoms with Crippen molar-refractivity contribution < 1.29 is 0 Å². The highest BCUT2D eigenvalue weighted by molar-refractivity contribution is 7.80. The average molecular weight is 172 g/mol. The SMILES string of the molecule is CC1CCN(CCC(N)=S)C1. The molecule has 0 aromatic heterocycles. The monoisotopic (exact) mass is 172 g/mol. The standard InChI is InChI=1S/C8H16N2S/c1-7-2-4-10(6-7)5-3-8(9)11/h7H,2-6H2,1H3,(H2,9,11). The molecule has 64 valence electrons. The van der Waals surface area contributed by atoms with Gasteiger partial charge in [0.1, 0.15) is 0 Å². The normalized spacial score (nSPS) is 25.7. The summed E-state index contributed by atoms with van der Waals surface area (Å²) in [5.41, 5.74) is 5.41. The van der Waals surface area contributed by atoms with Gasteiger partial charge in [-0.1, -0.05) is 19.1 Å². The Balaban J connectivity index is 2.13. The second kappa shape index (κ2) is 4.02. The third-order valence-electron chi connectivity index (χ3n) is 2.18. The molecular formula is C8H16N2S. The molecule has 2 N–H and O–H groups in total. The Kier molecular flexibility index (Phi) is 3.27. The molecule has 0 radical (unpaired) electrons. The fourth-order valence-corrected chi connectivity index (χ4v) is 1.59. The lowest BCUT2D eigenvalue weighted by atomic mass is 10.2. The molecule has 1 aliphatic heterocycles. The molecule has 1 heterocycles. The quantitative estimate of drug-likeness (QED) is 0.644. The second-order valence-corrected chi connectivity index (χ2v) is 3.94. The second-order valence-electron chi connectivity index (χ2n) is 3.41. The van der Waals surface area contributed by atoms with E-state index in [2.05, 4.69) is 11.8 Å². The number of nitrogens with two attached hydrogens (primary N) is 1. The van der Waals surface area contributed by atoms with Crippen LogP contribution in [0.2, 0.25) is 0 Å². The first-order valence-electron chi connectivity index (χ1n) is 4.19. The summed E-state index contributed by atoms with van der Waals surface area (Å²) in [5, 5.41) is 0. The maximum atomic E-state index is 5.41. The van der Waals surface area contributed by atoms with Gasteiger partial charge in [0.15, 0.2) is 0 Å². The molecular weight excluding hydrogens is 156 g/mol. The molecule has 0 bridgehead atoms. The van der Waals surface area contributed by atoms with E-state index in [9.17, 15) is 0 Å². The number of thiocarbonyl (C=S) groups is 1. The van der Waals surface area contributed by atoms with E-state index in [0.29, 0.717) is 4.99 Å². The van der Waals surface area contributed by atoms with Crippen molar-refractivity contribution in [3.05, 3.63) is 0 Å². The molecule has 3 heteroatoms. The summed E-state index contributed by atoms with van der Waals surface area (Å²) in [6.07, 6.45) is 2.21. The Morgan fingerprint density at radius 3 is 2.91 bits per heavy atom. The number of hydrogen-bond donors (Lipinski definition) is 1. The lowest BCUT2D eigenvalue weighted by Gasteiger charge is -2.13. The van der Waals surface area contributed by atoms with Crippen molar-refractivity contribution in [3.63, 3.8) is 0 Å². The summed E-state index contributed by atoms with van der Waals surface area (Å²) in [4.78, 5) is 3.08. The highest BCUT2D eigenvalue weighted by Crippen LogP contribution is 2.14. The van der Waals surface area contributed by atoms with E-state index in [1.54, 1.807) is 0 Å². The summed E-state index contributed by atoms with van der Waals surface area (Å²) in [7, 11) is 0. The van der Waals surface area contributed by atoms with Crippen molar-refractivity contribution in [1.29, 1.82) is 0 Å². The van der Waals surface area contributed by atoms with Crippen molar-refractivity contribution in [1.82, 2.24) is 4.90 Å². The van der Waals surface area contributed by atoms with Gasteiger partial charge in [0.05, 0.1) is 4.99 Å². The van der Waals surface area contributed by atoms with Crippen LogP contribution in [0.25, 0.3) is 0 Å². The van der Waals surface area contributed by atoms with Gasteiger partial charge in [0.25, 0.3) is 0 Å². The smallest absolute Gasteiger partial charge is 0.0740 e. The van der Waals surface area contributed by atoms with Crippen LogP contribution in [0.5, 0.6) is 0 Å². The lowest BCUT2D eigenvalue weighted by Crippen LogP contribution is -2.25. The molecule has 11 heavy (non-hydrogen) atoms. The molecule has 1 fully saturated rings. The van der Waals surface area contributed by atoms with E-state index in [0.717, 1.165) is 18.9 Å². The third kappa shape index (κ3) is 3.16. The number of nitrogens with zero attached hydrogens (tertiary/aromatic N) is 1. The molecule has 1 unspecified atom stereocenters. The first-order valence-corrected chi connectivity index (χ1v) is 4.60. The number of rotatable bonds is 3. The van der Waals surface area contributed by atoms with Gasteiger partial charge < -0.3 is 10.6 Å². The Bertz CT molecular complexity index is 147. The highest BCUT2D eigenvalue weighted by Gasteiger charge is 2.17. The van der Waals surface area contributed by atoms with Crippen molar-refractivity contribution in [3.8, 4) is 0 Å². The number of likely N-dealkylation sites (tertiary alicyclic amines) is 1. The van der Waals surface area contributed by atoms with Gasteiger partial charge in [-0.25, -0.2) is 0 Å². The molecule has 0 amide bonds. The first kappa shape index (κ1) is 8.94. The summed E-state index contributed by atoms with van der Waals surface area (Å²) in [6.45, 7) is 5.80. The Hall–Kier alpha value is -0.150. The van der Waals surface area contributed by atoms with E-state index in [4.69, 9.17) is 18.0 Å². The van der Waals surface area contributed by atoms with Crippen LogP contribution in [0.15, 0.2) is 0 Å². The van der Waals surface area contributed by atoms with Crippen LogP contribution >= 0.6 is 12.2 Å². The average Bonchev–Trinajstić information content (AvgIpc) is 2.31. The van der Waals surface area contributed by atoms with Gasteiger partial charge in [-0.15, -0.1) is 0 Å². The van der Waals surface area contributed by atoms with Crippen LogP contribution in [-0.2, 0) is 0 Å². The molecule has 1 aliphatic rings. The van der Waals surface area contributed by atoms with Gasteiger partial charge in [-0.2, -0.15) is 0 Å². The fraction of sp³-hybridized carbons (Fsp3) is 0.875. The minimum absolute atomic E-state index is 0.643. The molecule has 0 spiro atoms. The van der Waals surface area contributed by atoms with Gasteiger partial charge >= 0.3 is 0 Å². The molecule has 1 rings (SSSR count). The van der Waals surface area contributed by atoms with Crippen LogP contribution in [-0.4, -0.2) is 29.5 Å². The summed E-state index contributed by atoms with van der Waals surface area (Å²) in [5.74, 6) is 0.862. The largest absolute Gasteiger partial charge is 0.393 e. The zero-order valence-corrected chi connectivity index (χ0v) is 7.86. The van der Waals surface area contributed by atoms with Crippen LogP contribution in [0, 0.1) is 5.92 Å². The Morgan fingerprint density at radius 1 is 1.73 bits per heavy atom. The molecule has 0 aromatic carbocycles. The summed E-state index contributed by atoms with van der Waals surface area (Å²) < 4.78 is 0. The van der Waals surface area contributed by atoms with E-state index in [1.165, 1.54) is 19.5 Å². The van der Waals surface area contributed by atoms with Crippen molar-refractivity contribution in [2.75, 3.05) is 19.6 Å². The van der Waals surface area contributed by atoms with Crippen molar-refractivity contribution in [2.24, 2.45) is 11.7 Å². The molecule has 1 atom stereocenters. The zero-order chi connectivity index (χ0) is 8.27. The predicted molar refractivity (Wildman–Crippen MR) is 51.6 cm³/mol. The van der Waals surface area contributed by atoms with E-state index < -0.39 is 0 Å².